The van der Waals surface area contributed by atoms with Crippen LogP contribution in [0.3, 0.4) is 0 Å². The van der Waals surface area contributed by atoms with Crippen LogP contribution < -0.4 is 15.2 Å². The van der Waals surface area contributed by atoms with Gasteiger partial charge in [0.1, 0.15) is 18.1 Å². The maximum atomic E-state index is 8.66. The molecule has 0 heterocycles. The van der Waals surface area contributed by atoms with Crippen molar-refractivity contribution in [3.63, 3.8) is 0 Å². The fourth-order valence-electron chi connectivity index (χ4n) is 1.25. The van der Waals surface area contributed by atoms with Crippen LogP contribution in [-0.2, 0) is 4.74 Å². The maximum absolute atomic E-state index is 8.66. The second-order valence-electron chi connectivity index (χ2n) is 3.19. The maximum Gasteiger partial charge on any atom is 0.173 e. The quantitative estimate of drug-likeness (QED) is 0.253. The lowest BCUT2D eigenvalue weighted by Crippen LogP contribution is -2.16. The van der Waals surface area contributed by atoms with E-state index in [-0.39, 0.29) is 5.84 Å². The van der Waals surface area contributed by atoms with Crippen molar-refractivity contribution in [3.8, 4) is 11.5 Å². The predicted octanol–water partition coefficient (Wildman–Crippen LogP) is 0.815. The zero-order valence-corrected chi connectivity index (χ0v) is 9.84. The summed E-state index contributed by atoms with van der Waals surface area (Å²) in [4.78, 5) is 0. The first-order valence-corrected chi connectivity index (χ1v) is 5.00. The minimum absolute atomic E-state index is 0.0138. The summed E-state index contributed by atoms with van der Waals surface area (Å²) in [6, 6.07) is 5.04. The van der Waals surface area contributed by atoms with Crippen LogP contribution >= 0.6 is 0 Å². The molecule has 0 fully saturated rings. The molecule has 0 aliphatic carbocycles. The van der Waals surface area contributed by atoms with E-state index < -0.39 is 0 Å². The van der Waals surface area contributed by atoms with Crippen molar-refractivity contribution in [2.24, 2.45) is 10.9 Å². The Bertz CT molecular complexity index is 393. The van der Waals surface area contributed by atoms with Crippen LogP contribution in [0.1, 0.15) is 5.56 Å². The van der Waals surface area contributed by atoms with Crippen molar-refractivity contribution in [3.05, 3.63) is 23.8 Å². The van der Waals surface area contributed by atoms with Gasteiger partial charge in [-0.15, -0.1) is 0 Å². The Labute approximate surface area is 99.6 Å². The Morgan fingerprint density at radius 2 is 2.12 bits per heavy atom. The smallest absolute Gasteiger partial charge is 0.173 e. The minimum atomic E-state index is -0.0138. The van der Waals surface area contributed by atoms with Crippen molar-refractivity contribution >= 4 is 5.84 Å². The van der Waals surface area contributed by atoms with E-state index in [9.17, 15) is 0 Å². The number of nitrogens with zero attached hydrogens (tertiary/aromatic N) is 1. The van der Waals surface area contributed by atoms with E-state index in [1.165, 1.54) is 0 Å². The molecule has 0 spiro atoms. The van der Waals surface area contributed by atoms with Gasteiger partial charge in [-0.2, -0.15) is 0 Å². The third kappa shape index (κ3) is 3.53. The molecule has 0 amide bonds. The molecule has 6 nitrogen and oxygen atoms in total. The molecule has 0 aromatic heterocycles. The normalized spacial score (nSPS) is 11.3. The SMILES string of the molecule is COCCOc1cc(OC)ccc1/C(N)=N/O. The van der Waals surface area contributed by atoms with Gasteiger partial charge >= 0.3 is 0 Å². The standard InChI is InChI=1S/C11H16N2O4/c1-15-5-6-17-10-7-8(16-2)3-4-9(10)11(12)13-14/h3-4,7,14H,5-6H2,1-2H3,(H2,12,13). The van der Waals surface area contributed by atoms with Gasteiger partial charge in [0.2, 0.25) is 0 Å². The average Bonchev–Trinajstić information content (AvgIpc) is 2.38. The van der Waals surface area contributed by atoms with E-state index in [4.69, 9.17) is 25.2 Å². The Morgan fingerprint density at radius 3 is 2.71 bits per heavy atom. The van der Waals surface area contributed by atoms with E-state index in [1.54, 1.807) is 32.4 Å². The molecule has 94 valence electrons. The van der Waals surface area contributed by atoms with Crippen LogP contribution in [0.25, 0.3) is 0 Å². The molecular formula is C11H16N2O4. The van der Waals surface area contributed by atoms with Gasteiger partial charge in [0.25, 0.3) is 0 Å². The molecule has 0 saturated heterocycles. The predicted molar refractivity (Wildman–Crippen MR) is 62.9 cm³/mol. The molecule has 1 aromatic rings. The van der Waals surface area contributed by atoms with Gasteiger partial charge in [-0.25, -0.2) is 0 Å². The van der Waals surface area contributed by atoms with Crippen LogP contribution in [0, 0.1) is 0 Å². The number of oxime groups is 1. The number of methoxy groups -OCH3 is 2. The molecule has 1 aromatic carbocycles. The summed E-state index contributed by atoms with van der Waals surface area (Å²) in [5, 5.41) is 11.6. The summed E-state index contributed by atoms with van der Waals surface area (Å²) in [5.41, 5.74) is 6.04. The lowest BCUT2D eigenvalue weighted by molar-refractivity contribution is 0.146. The molecule has 0 radical (unpaired) electrons. The van der Waals surface area contributed by atoms with Crippen molar-refractivity contribution in [1.29, 1.82) is 0 Å². The van der Waals surface area contributed by atoms with E-state index in [0.29, 0.717) is 30.3 Å². The molecule has 0 aliphatic rings. The van der Waals surface area contributed by atoms with Crippen molar-refractivity contribution in [2.45, 2.75) is 0 Å². The van der Waals surface area contributed by atoms with Gasteiger partial charge in [-0.3, -0.25) is 0 Å². The molecule has 0 aliphatic heterocycles. The van der Waals surface area contributed by atoms with E-state index in [2.05, 4.69) is 5.16 Å². The number of nitrogens with two attached hydrogens (primary N) is 1. The van der Waals surface area contributed by atoms with Crippen LogP contribution in [0.15, 0.2) is 23.4 Å². The molecule has 3 N–H and O–H groups in total. The van der Waals surface area contributed by atoms with E-state index >= 15 is 0 Å². The molecule has 0 unspecified atom stereocenters. The second-order valence-corrected chi connectivity index (χ2v) is 3.19. The Morgan fingerprint density at radius 1 is 1.35 bits per heavy atom. The topological polar surface area (TPSA) is 86.3 Å². The summed E-state index contributed by atoms with van der Waals surface area (Å²) < 4.78 is 15.4. The third-order valence-electron chi connectivity index (χ3n) is 2.12. The number of benzene rings is 1. The summed E-state index contributed by atoms with van der Waals surface area (Å²) in [5.74, 6) is 1.10. The second kappa shape index (κ2) is 6.59. The van der Waals surface area contributed by atoms with Crippen LogP contribution in [0.5, 0.6) is 11.5 Å². The number of hydrogen-bond donors (Lipinski definition) is 2. The average molecular weight is 240 g/mol. The number of hydrogen-bond acceptors (Lipinski definition) is 5. The molecule has 0 bridgehead atoms. The summed E-state index contributed by atoms with van der Waals surface area (Å²) in [6.07, 6.45) is 0. The van der Waals surface area contributed by atoms with Crippen molar-refractivity contribution < 1.29 is 19.4 Å². The molecule has 1 rings (SSSR count). The number of amidine groups is 1. The largest absolute Gasteiger partial charge is 0.497 e. The van der Waals surface area contributed by atoms with Gasteiger partial charge in [0.15, 0.2) is 5.84 Å². The van der Waals surface area contributed by atoms with Crippen molar-refractivity contribution in [2.75, 3.05) is 27.4 Å². The van der Waals surface area contributed by atoms with Crippen LogP contribution in [0.2, 0.25) is 0 Å². The van der Waals surface area contributed by atoms with Gasteiger partial charge in [-0.05, 0) is 12.1 Å². The lowest BCUT2D eigenvalue weighted by atomic mass is 10.2. The summed E-state index contributed by atoms with van der Waals surface area (Å²) >= 11 is 0. The van der Waals surface area contributed by atoms with Gasteiger partial charge in [0.05, 0.1) is 19.3 Å². The fraction of sp³-hybridized carbons (Fsp3) is 0.364. The Kier molecular flexibility index (Phi) is 5.09. The van der Waals surface area contributed by atoms with Gasteiger partial charge in [0, 0.05) is 13.2 Å². The molecule has 6 heteroatoms. The van der Waals surface area contributed by atoms with Gasteiger partial charge < -0.3 is 25.2 Å². The first kappa shape index (κ1) is 13.1. The van der Waals surface area contributed by atoms with E-state index in [0.717, 1.165) is 0 Å². The minimum Gasteiger partial charge on any atom is -0.497 e. The summed E-state index contributed by atoms with van der Waals surface area (Å²) in [6.45, 7) is 0.822. The van der Waals surface area contributed by atoms with Crippen LogP contribution in [0.4, 0.5) is 0 Å². The molecule has 17 heavy (non-hydrogen) atoms. The highest BCUT2D eigenvalue weighted by molar-refractivity contribution is 5.99. The van der Waals surface area contributed by atoms with Crippen LogP contribution in [-0.4, -0.2) is 38.5 Å². The highest BCUT2D eigenvalue weighted by atomic mass is 16.5. The lowest BCUT2D eigenvalue weighted by Gasteiger charge is -2.11. The number of rotatable bonds is 6. The molecule has 0 saturated carbocycles. The number of ether oxygens (including phenoxy) is 3. The Balaban J connectivity index is 2.95. The third-order valence-corrected chi connectivity index (χ3v) is 2.12. The zero-order valence-electron chi connectivity index (χ0n) is 9.84. The highest BCUT2D eigenvalue weighted by Gasteiger charge is 2.09. The summed E-state index contributed by atoms with van der Waals surface area (Å²) in [7, 11) is 3.14. The van der Waals surface area contributed by atoms with Gasteiger partial charge in [-0.1, -0.05) is 5.16 Å². The molecule has 0 atom stereocenters. The van der Waals surface area contributed by atoms with E-state index in [1.807, 2.05) is 0 Å². The molecular weight excluding hydrogens is 224 g/mol. The van der Waals surface area contributed by atoms with Crippen molar-refractivity contribution in [1.82, 2.24) is 0 Å². The first-order chi connectivity index (χ1) is 8.22. The fourth-order valence-corrected chi connectivity index (χ4v) is 1.25. The monoisotopic (exact) mass is 240 g/mol. The highest BCUT2D eigenvalue weighted by Crippen LogP contribution is 2.24. The Hall–Kier alpha value is -1.95. The zero-order chi connectivity index (χ0) is 12.7. The first-order valence-electron chi connectivity index (χ1n) is 5.00.